The van der Waals surface area contributed by atoms with E-state index in [1.54, 1.807) is 11.4 Å². The molecule has 2 heterocycles. The average molecular weight is 342 g/mol. The van der Waals surface area contributed by atoms with E-state index in [2.05, 4.69) is 20.1 Å². The van der Waals surface area contributed by atoms with Gasteiger partial charge in [-0.3, -0.25) is 4.79 Å². The van der Waals surface area contributed by atoms with Crippen LogP contribution in [0.5, 0.6) is 0 Å². The Kier molecular flexibility index (Phi) is 4.39. The monoisotopic (exact) mass is 342 g/mol. The molecule has 2 aromatic heterocycles. The Bertz CT molecular complexity index is 886. The quantitative estimate of drug-likeness (QED) is 0.737. The lowest BCUT2D eigenvalue weighted by Gasteiger charge is -2.03. The maximum Gasteiger partial charge on any atom is 0.357 e. The number of benzene rings is 1. The van der Waals surface area contributed by atoms with Crippen LogP contribution in [-0.4, -0.2) is 33.8 Å². The number of hydrogen-bond donors (Lipinski definition) is 1. The third-order valence-corrected chi connectivity index (χ3v) is 3.97. The molecular formula is C16H14N4O3S. The van der Waals surface area contributed by atoms with Gasteiger partial charge < -0.3 is 10.1 Å². The molecule has 0 bridgehead atoms. The molecule has 0 radical (unpaired) electrons. The van der Waals surface area contributed by atoms with Crippen LogP contribution in [0.3, 0.4) is 0 Å². The van der Waals surface area contributed by atoms with E-state index in [4.69, 9.17) is 0 Å². The molecule has 1 amide bonds. The molecule has 0 aliphatic carbocycles. The molecule has 0 saturated heterocycles. The Hall–Kier alpha value is -3.00. The number of aromatic nitrogens is 3. The first-order chi connectivity index (χ1) is 11.6. The number of nitrogens with zero attached hydrogens (tertiary/aromatic N) is 3. The van der Waals surface area contributed by atoms with Crippen molar-refractivity contribution in [3.8, 4) is 16.4 Å². The van der Waals surface area contributed by atoms with Crippen LogP contribution in [0.2, 0.25) is 0 Å². The summed E-state index contributed by atoms with van der Waals surface area (Å²) in [6.45, 7) is 1.42. The number of nitrogens with one attached hydrogen (secondary N) is 1. The Morgan fingerprint density at radius 3 is 2.67 bits per heavy atom. The third kappa shape index (κ3) is 3.18. The molecule has 7 nitrogen and oxygen atoms in total. The van der Waals surface area contributed by atoms with Crippen molar-refractivity contribution >= 4 is 29.0 Å². The number of rotatable bonds is 4. The van der Waals surface area contributed by atoms with Gasteiger partial charge in [-0.1, -0.05) is 30.3 Å². The molecule has 0 saturated carbocycles. The first-order valence-electron chi connectivity index (χ1n) is 7.06. The number of amides is 1. The van der Waals surface area contributed by atoms with E-state index in [1.807, 2.05) is 30.3 Å². The van der Waals surface area contributed by atoms with Gasteiger partial charge in [0.05, 0.1) is 12.8 Å². The maximum absolute atomic E-state index is 11.6. The van der Waals surface area contributed by atoms with E-state index in [-0.39, 0.29) is 11.6 Å². The normalized spacial score (nSPS) is 10.4. The summed E-state index contributed by atoms with van der Waals surface area (Å²) in [6, 6.07) is 11.3. The Morgan fingerprint density at radius 1 is 1.25 bits per heavy atom. The van der Waals surface area contributed by atoms with Crippen molar-refractivity contribution in [1.82, 2.24) is 14.8 Å². The fraction of sp³-hybridized carbons (Fsp3) is 0.125. The zero-order valence-corrected chi connectivity index (χ0v) is 13.8. The molecule has 1 aromatic carbocycles. The lowest BCUT2D eigenvalue weighted by atomic mass is 10.2. The van der Waals surface area contributed by atoms with E-state index in [0.717, 1.165) is 5.56 Å². The number of carbonyl (C=O) groups excluding carboxylic acids is 2. The SMILES string of the molecule is COC(=O)c1csc(-n2nc(-c3ccccc3)cc2NC(C)=O)n1. The number of esters is 1. The van der Waals surface area contributed by atoms with Crippen LogP contribution in [0.15, 0.2) is 41.8 Å². The molecule has 3 aromatic rings. The van der Waals surface area contributed by atoms with Gasteiger partial charge in [0, 0.05) is 23.9 Å². The van der Waals surface area contributed by atoms with E-state index in [1.165, 1.54) is 30.1 Å². The third-order valence-electron chi connectivity index (χ3n) is 3.15. The van der Waals surface area contributed by atoms with Crippen LogP contribution in [0.25, 0.3) is 16.4 Å². The molecule has 8 heteroatoms. The van der Waals surface area contributed by atoms with E-state index < -0.39 is 5.97 Å². The summed E-state index contributed by atoms with van der Waals surface area (Å²) in [7, 11) is 1.30. The number of anilines is 1. The van der Waals surface area contributed by atoms with Crippen molar-refractivity contribution in [2.24, 2.45) is 0 Å². The molecular weight excluding hydrogens is 328 g/mol. The lowest BCUT2D eigenvalue weighted by Crippen LogP contribution is -2.11. The van der Waals surface area contributed by atoms with Gasteiger partial charge in [0.25, 0.3) is 0 Å². The van der Waals surface area contributed by atoms with E-state index in [0.29, 0.717) is 16.6 Å². The number of thiazole rings is 1. The fourth-order valence-electron chi connectivity index (χ4n) is 2.11. The molecule has 0 aliphatic rings. The van der Waals surface area contributed by atoms with Gasteiger partial charge in [0.1, 0.15) is 5.82 Å². The molecule has 24 heavy (non-hydrogen) atoms. The highest BCUT2D eigenvalue weighted by molar-refractivity contribution is 7.12. The van der Waals surface area contributed by atoms with Crippen LogP contribution in [-0.2, 0) is 9.53 Å². The van der Waals surface area contributed by atoms with Crippen molar-refractivity contribution in [2.45, 2.75) is 6.92 Å². The Labute approximate surface area is 141 Å². The molecule has 0 aliphatic heterocycles. The second-order valence-corrected chi connectivity index (χ2v) is 5.72. The van der Waals surface area contributed by atoms with Crippen LogP contribution >= 0.6 is 11.3 Å². The summed E-state index contributed by atoms with van der Waals surface area (Å²) < 4.78 is 6.16. The van der Waals surface area contributed by atoms with Gasteiger partial charge >= 0.3 is 5.97 Å². The molecule has 122 valence electrons. The summed E-state index contributed by atoms with van der Waals surface area (Å²) in [5.74, 6) is -0.262. The van der Waals surface area contributed by atoms with Gasteiger partial charge in [-0.15, -0.1) is 11.3 Å². The molecule has 0 spiro atoms. The van der Waals surface area contributed by atoms with Crippen LogP contribution in [0.4, 0.5) is 5.82 Å². The zero-order valence-electron chi connectivity index (χ0n) is 13.0. The predicted octanol–water partition coefficient (Wildman–Crippen LogP) is 2.74. The van der Waals surface area contributed by atoms with Gasteiger partial charge in [0.15, 0.2) is 5.69 Å². The number of ether oxygens (including phenoxy) is 1. The van der Waals surface area contributed by atoms with Crippen molar-refractivity contribution < 1.29 is 14.3 Å². The Balaban J connectivity index is 2.05. The van der Waals surface area contributed by atoms with Gasteiger partial charge in [-0.25, -0.2) is 9.78 Å². The summed E-state index contributed by atoms with van der Waals surface area (Å²) in [6.07, 6.45) is 0. The molecule has 1 N–H and O–H groups in total. The lowest BCUT2D eigenvalue weighted by molar-refractivity contribution is -0.114. The Morgan fingerprint density at radius 2 is 2.00 bits per heavy atom. The van der Waals surface area contributed by atoms with Crippen LogP contribution in [0.1, 0.15) is 17.4 Å². The van der Waals surface area contributed by atoms with Crippen LogP contribution in [0, 0.1) is 0 Å². The molecule has 0 atom stereocenters. The highest BCUT2D eigenvalue weighted by Crippen LogP contribution is 2.26. The van der Waals surface area contributed by atoms with Crippen molar-refractivity contribution in [3.05, 3.63) is 47.5 Å². The highest BCUT2D eigenvalue weighted by atomic mass is 32.1. The maximum atomic E-state index is 11.6. The minimum Gasteiger partial charge on any atom is -0.464 e. The summed E-state index contributed by atoms with van der Waals surface area (Å²) in [5, 5.41) is 9.27. The molecule has 0 unspecified atom stereocenters. The second kappa shape index (κ2) is 6.63. The number of hydrogen-bond acceptors (Lipinski definition) is 6. The topological polar surface area (TPSA) is 86.1 Å². The van der Waals surface area contributed by atoms with Crippen molar-refractivity contribution in [1.29, 1.82) is 0 Å². The number of carbonyl (C=O) groups is 2. The largest absolute Gasteiger partial charge is 0.464 e. The van der Waals surface area contributed by atoms with E-state index >= 15 is 0 Å². The first kappa shape index (κ1) is 15.9. The van der Waals surface area contributed by atoms with Crippen molar-refractivity contribution in [2.75, 3.05) is 12.4 Å². The van der Waals surface area contributed by atoms with E-state index in [9.17, 15) is 9.59 Å². The molecule has 0 fully saturated rings. The van der Waals surface area contributed by atoms with Gasteiger partial charge in [0.2, 0.25) is 11.0 Å². The summed E-state index contributed by atoms with van der Waals surface area (Å²) in [5.41, 5.74) is 1.80. The zero-order chi connectivity index (χ0) is 17.1. The van der Waals surface area contributed by atoms with Gasteiger partial charge in [-0.2, -0.15) is 9.78 Å². The van der Waals surface area contributed by atoms with Crippen molar-refractivity contribution in [3.63, 3.8) is 0 Å². The van der Waals surface area contributed by atoms with Crippen LogP contribution < -0.4 is 5.32 Å². The molecule has 3 rings (SSSR count). The predicted molar refractivity (Wildman–Crippen MR) is 90.3 cm³/mol. The average Bonchev–Trinajstić information content (AvgIpc) is 3.21. The van der Waals surface area contributed by atoms with Gasteiger partial charge in [-0.05, 0) is 0 Å². The fourth-order valence-corrected chi connectivity index (χ4v) is 2.86. The second-order valence-electron chi connectivity index (χ2n) is 4.88. The summed E-state index contributed by atoms with van der Waals surface area (Å²) >= 11 is 1.23. The number of methoxy groups -OCH3 is 1. The first-order valence-corrected chi connectivity index (χ1v) is 7.93. The minimum atomic E-state index is -0.519. The summed E-state index contributed by atoms with van der Waals surface area (Å²) in [4.78, 5) is 27.2. The highest BCUT2D eigenvalue weighted by Gasteiger charge is 2.17. The smallest absolute Gasteiger partial charge is 0.357 e. The minimum absolute atomic E-state index is 0.197. The standard InChI is InChI=1S/C16H14N4O3S/c1-10(21)17-14-8-12(11-6-4-3-5-7-11)19-20(14)16-18-13(9-24-16)15(22)23-2/h3-9H,1-2H3,(H,17,21).